The lowest BCUT2D eigenvalue weighted by Crippen LogP contribution is -2.12. The largest absolute Gasteiger partial charge is 0.492 e. The van der Waals surface area contributed by atoms with Gasteiger partial charge in [-0.25, -0.2) is 9.78 Å². The molecule has 1 amide bonds. The maximum absolute atomic E-state index is 12.1. The third kappa shape index (κ3) is 6.31. The summed E-state index contributed by atoms with van der Waals surface area (Å²) in [5, 5.41) is 3.13. The number of carbonyl (C=O) groups excluding carboxylic acids is 2. The van der Waals surface area contributed by atoms with Crippen molar-refractivity contribution in [1.29, 1.82) is 0 Å². The van der Waals surface area contributed by atoms with Crippen molar-refractivity contribution >= 4 is 44.3 Å². The van der Waals surface area contributed by atoms with Crippen LogP contribution in [-0.2, 0) is 9.53 Å². The molecule has 0 aliphatic rings. The fourth-order valence-corrected chi connectivity index (χ4v) is 3.81. The van der Waals surface area contributed by atoms with Gasteiger partial charge in [0.1, 0.15) is 10.6 Å². The minimum Gasteiger partial charge on any atom is -0.492 e. The van der Waals surface area contributed by atoms with Gasteiger partial charge < -0.3 is 14.8 Å². The second kappa shape index (κ2) is 10.6. The highest BCUT2D eigenvalue weighted by Crippen LogP contribution is 2.29. The normalized spacial score (nSPS) is 10.8. The number of halogens is 1. The Morgan fingerprint density at radius 3 is 2.71 bits per heavy atom. The number of anilines is 1. The lowest BCUT2D eigenvalue weighted by atomic mass is 10.0. The summed E-state index contributed by atoms with van der Waals surface area (Å²) in [6, 6.07) is 6.04. The van der Waals surface area contributed by atoms with Gasteiger partial charge in [0.25, 0.3) is 0 Å². The number of aromatic nitrogens is 1. The molecular formula is C20H25BrN2O4S. The number of esters is 1. The van der Waals surface area contributed by atoms with Crippen LogP contribution in [0.3, 0.4) is 0 Å². The number of aryl methyl sites for hydroxylation is 1. The highest BCUT2D eigenvalue weighted by molar-refractivity contribution is 9.10. The van der Waals surface area contributed by atoms with Gasteiger partial charge in [-0.05, 0) is 59.8 Å². The van der Waals surface area contributed by atoms with E-state index >= 15 is 0 Å². The Hall–Kier alpha value is -1.93. The first-order valence-electron chi connectivity index (χ1n) is 9.18. The van der Waals surface area contributed by atoms with E-state index < -0.39 is 5.97 Å². The van der Waals surface area contributed by atoms with Crippen LogP contribution in [0.4, 0.5) is 5.13 Å². The van der Waals surface area contributed by atoms with E-state index in [9.17, 15) is 9.59 Å². The lowest BCUT2D eigenvalue weighted by molar-refractivity contribution is -0.116. The van der Waals surface area contributed by atoms with Gasteiger partial charge in [-0.3, -0.25) is 4.79 Å². The van der Waals surface area contributed by atoms with Gasteiger partial charge in [-0.1, -0.05) is 31.3 Å². The molecule has 2 rings (SSSR count). The average molecular weight is 469 g/mol. The van der Waals surface area contributed by atoms with Crippen LogP contribution < -0.4 is 10.1 Å². The zero-order chi connectivity index (χ0) is 20.7. The Kier molecular flexibility index (Phi) is 8.44. The summed E-state index contributed by atoms with van der Waals surface area (Å²) < 4.78 is 11.6. The molecule has 2 aromatic rings. The monoisotopic (exact) mass is 468 g/mol. The highest BCUT2D eigenvalue weighted by atomic mass is 79.9. The Labute approximate surface area is 177 Å². The van der Waals surface area contributed by atoms with Crippen LogP contribution in [-0.4, -0.2) is 30.1 Å². The molecule has 0 unspecified atom stereocenters. The van der Waals surface area contributed by atoms with Crippen LogP contribution in [0, 0.1) is 6.92 Å². The summed E-state index contributed by atoms with van der Waals surface area (Å²) in [5.41, 5.74) is 1.79. The quantitative estimate of drug-likeness (QED) is 0.398. The molecule has 0 atom stereocenters. The van der Waals surface area contributed by atoms with Crippen LogP contribution >= 0.6 is 27.3 Å². The number of carbonyl (C=O) groups is 2. The topological polar surface area (TPSA) is 77.5 Å². The summed E-state index contributed by atoms with van der Waals surface area (Å²) in [6.07, 6.45) is 0.869. The molecule has 28 heavy (non-hydrogen) atoms. The molecule has 0 aliphatic heterocycles. The molecule has 0 fully saturated rings. The molecule has 0 radical (unpaired) electrons. The Morgan fingerprint density at radius 1 is 1.32 bits per heavy atom. The number of benzene rings is 1. The second-order valence-corrected chi connectivity index (χ2v) is 8.35. The SMILES string of the molecule is CCOC(=O)c1sc(NC(=O)CCCOc2ccc(C(C)C)cc2Br)nc1C. The van der Waals surface area contributed by atoms with E-state index in [2.05, 4.69) is 46.1 Å². The van der Waals surface area contributed by atoms with Crippen molar-refractivity contribution in [2.75, 3.05) is 18.5 Å². The number of hydrogen-bond acceptors (Lipinski definition) is 6. The van der Waals surface area contributed by atoms with Crippen LogP contribution in [0.5, 0.6) is 5.75 Å². The molecule has 8 heteroatoms. The third-order valence-electron chi connectivity index (χ3n) is 3.93. The van der Waals surface area contributed by atoms with Crippen molar-refractivity contribution in [3.63, 3.8) is 0 Å². The molecule has 0 saturated carbocycles. The van der Waals surface area contributed by atoms with Gasteiger partial charge in [0.15, 0.2) is 5.13 Å². The number of nitrogens with zero attached hydrogens (tertiary/aromatic N) is 1. The van der Waals surface area contributed by atoms with E-state index in [0.29, 0.717) is 47.7 Å². The van der Waals surface area contributed by atoms with Crippen molar-refractivity contribution in [2.24, 2.45) is 0 Å². The van der Waals surface area contributed by atoms with Gasteiger partial charge in [0.2, 0.25) is 5.91 Å². The minimum absolute atomic E-state index is 0.165. The first kappa shape index (κ1) is 22.4. The van der Waals surface area contributed by atoms with Crippen LogP contribution in [0.2, 0.25) is 0 Å². The number of rotatable bonds is 9. The van der Waals surface area contributed by atoms with E-state index in [1.807, 2.05) is 12.1 Å². The van der Waals surface area contributed by atoms with Gasteiger partial charge in [-0.15, -0.1) is 0 Å². The molecule has 1 heterocycles. The number of ether oxygens (including phenoxy) is 2. The number of thiazole rings is 1. The summed E-state index contributed by atoms with van der Waals surface area (Å²) in [6.45, 7) is 8.47. The number of nitrogens with one attached hydrogen (secondary N) is 1. The zero-order valence-electron chi connectivity index (χ0n) is 16.5. The van der Waals surface area contributed by atoms with Crippen molar-refractivity contribution in [2.45, 2.75) is 46.5 Å². The fourth-order valence-electron chi connectivity index (χ4n) is 2.43. The fraction of sp³-hybridized carbons (Fsp3) is 0.450. The molecule has 1 aromatic heterocycles. The van der Waals surface area contributed by atoms with Crippen molar-refractivity contribution in [1.82, 2.24) is 4.98 Å². The predicted octanol–water partition coefficient (Wildman–Crippen LogP) is 5.31. The second-order valence-electron chi connectivity index (χ2n) is 6.50. The number of hydrogen-bond donors (Lipinski definition) is 1. The summed E-state index contributed by atoms with van der Waals surface area (Å²) in [7, 11) is 0. The van der Waals surface area contributed by atoms with Gasteiger partial charge in [-0.2, -0.15) is 0 Å². The van der Waals surface area contributed by atoms with Crippen molar-refractivity contribution in [3.05, 3.63) is 38.8 Å². The molecule has 0 saturated heterocycles. The van der Waals surface area contributed by atoms with E-state index in [4.69, 9.17) is 9.47 Å². The molecule has 0 spiro atoms. The van der Waals surface area contributed by atoms with E-state index in [1.54, 1.807) is 13.8 Å². The Morgan fingerprint density at radius 2 is 2.07 bits per heavy atom. The standard InChI is InChI=1S/C20H25BrN2O4S/c1-5-26-19(25)18-13(4)22-20(28-18)23-17(24)7-6-10-27-16-9-8-14(12(2)3)11-15(16)21/h8-9,11-12H,5-7,10H2,1-4H3,(H,22,23,24). The van der Waals surface area contributed by atoms with Crippen molar-refractivity contribution < 1.29 is 19.1 Å². The molecule has 1 N–H and O–H groups in total. The average Bonchev–Trinajstić information content (AvgIpc) is 3.00. The maximum Gasteiger partial charge on any atom is 0.350 e. The molecule has 152 valence electrons. The van der Waals surface area contributed by atoms with Gasteiger partial charge >= 0.3 is 5.97 Å². The smallest absolute Gasteiger partial charge is 0.350 e. The highest BCUT2D eigenvalue weighted by Gasteiger charge is 2.17. The first-order valence-corrected chi connectivity index (χ1v) is 10.8. The molecule has 6 nitrogen and oxygen atoms in total. The Balaban J connectivity index is 1.79. The maximum atomic E-state index is 12.1. The van der Waals surface area contributed by atoms with E-state index in [1.165, 1.54) is 5.56 Å². The Bertz CT molecular complexity index is 836. The third-order valence-corrected chi connectivity index (χ3v) is 5.60. The first-order chi connectivity index (χ1) is 13.3. The minimum atomic E-state index is -0.416. The van der Waals surface area contributed by atoms with Crippen LogP contribution in [0.15, 0.2) is 22.7 Å². The lowest BCUT2D eigenvalue weighted by Gasteiger charge is -2.11. The molecule has 0 aliphatic carbocycles. The van der Waals surface area contributed by atoms with Crippen molar-refractivity contribution in [3.8, 4) is 5.75 Å². The van der Waals surface area contributed by atoms with E-state index in [0.717, 1.165) is 21.6 Å². The van der Waals surface area contributed by atoms with E-state index in [-0.39, 0.29) is 5.91 Å². The number of amides is 1. The summed E-state index contributed by atoms with van der Waals surface area (Å²) in [5.74, 6) is 0.634. The van der Waals surface area contributed by atoms with Crippen LogP contribution in [0.1, 0.15) is 60.5 Å². The van der Waals surface area contributed by atoms with Gasteiger partial charge in [0, 0.05) is 6.42 Å². The van der Waals surface area contributed by atoms with Crippen LogP contribution in [0.25, 0.3) is 0 Å². The summed E-state index contributed by atoms with van der Waals surface area (Å²) in [4.78, 5) is 28.5. The molecule has 0 bridgehead atoms. The molecule has 1 aromatic carbocycles. The van der Waals surface area contributed by atoms with Gasteiger partial charge in [0.05, 0.1) is 23.4 Å². The molecular weight excluding hydrogens is 444 g/mol. The predicted molar refractivity (Wildman–Crippen MR) is 114 cm³/mol. The zero-order valence-corrected chi connectivity index (χ0v) is 18.9. The summed E-state index contributed by atoms with van der Waals surface area (Å²) >= 11 is 4.65.